The second-order valence-electron chi connectivity index (χ2n) is 11.4. The Kier molecular flexibility index (Phi) is 12.2. The lowest BCUT2D eigenvalue weighted by Gasteiger charge is -2.32. The number of esters is 1. The summed E-state index contributed by atoms with van der Waals surface area (Å²) in [7, 11) is 0. The summed E-state index contributed by atoms with van der Waals surface area (Å²) in [6.45, 7) is 17.5. The molecule has 1 aromatic rings. The van der Waals surface area contributed by atoms with Crippen LogP contribution in [-0.2, 0) is 19.1 Å². The third-order valence-corrected chi connectivity index (χ3v) is 5.31. The predicted octanol–water partition coefficient (Wildman–Crippen LogP) is 5.88. The molecule has 0 bridgehead atoms. The highest BCUT2D eigenvalue weighted by atomic mass is 16.6. The van der Waals surface area contributed by atoms with E-state index in [2.05, 4.69) is 5.43 Å². The van der Waals surface area contributed by atoms with Crippen molar-refractivity contribution in [2.75, 3.05) is 6.54 Å². The maximum Gasteiger partial charge on any atom is 0.310 e. The summed E-state index contributed by atoms with van der Waals surface area (Å²) < 4.78 is 5.74. The number of hydrazine groups is 1. The quantitative estimate of drug-likeness (QED) is 0.313. The number of carbonyl (C=O) groups excluding carboxylic acids is 3. The van der Waals surface area contributed by atoms with Crippen LogP contribution in [0, 0.1) is 29.6 Å². The van der Waals surface area contributed by atoms with Gasteiger partial charge in [-0.2, -0.15) is 0 Å². The standard InChI is InChI=1S/C29H46N2O4/c1-20(2)18-25(26(32)30-31(19-21(3)4)27(33)22(5)6)24(28(34)35-29(7,8)9)17-13-16-23-14-11-10-12-15-23/h10-16,20-22,24-25H,17-19H2,1-9H3,(H,30,32)/b16-13+/t24-,25+/m0/s1. The molecule has 196 valence electrons. The van der Waals surface area contributed by atoms with Crippen molar-refractivity contribution < 1.29 is 19.1 Å². The molecule has 0 aromatic heterocycles. The van der Waals surface area contributed by atoms with E-state index < -0.39 is 23.4 Å². The Labute approximate surface area is 212 Å². The van der Waals surface area contributed by atoms with E-state index in [-0.39, 0.29) is 29.6 Å². The normalized spacial score (nSPS) is 13.8. The van der Waals surface area contributed by atoms with Crippen LogP contribution in [0.15, 0.2) is 36.4 Å². The Morgan fingerprint density at radius 1 is 0.943 bits per heavy atom. The highest BCUT2D eigenvalue weighted by Crippen LogP contribution is 2.28. The first kappa shape index (κ1) is 30.4. The lowest BCUT2D eigenvalue weighted by molar-refractivity contribution is -0.165. The van der Waals surface area contributed by atoms with Crippen LogP contribution in [0.5, 0.6) is 0 Å². The van der Waals surface area contributed by atoms with Crippen molar-refractivity contribution in [1.29, 1.82) is 0 Å². The van der Waals surface area contributed by atoms with Crippen molar-refractivity contribution in [2.24, 2.45) is 29.6 Å². The molecule has 1 aromatic carbocycles. The Morgan fingerprint density at radius 3 is 2.03 bits per heavy atom. The molecule has 0 heterocycles. The number of rotatable bonds is 11. The number of amides is 2. The van der Waals surface area contributed by atoms with Gasteiger partial charge in [0.1, 0.15) is 5.60 Å². The fraction of sp³-hybridized carbons (Fsp3) is 0.621. The van der Waals surface area contributed by atoms with Crippen molar-refractivity contribution in [2.45, 2.75) is 80.8 Å². The fourth-order valence-electron chi connectivity index (χ4n) is 3.76. The Morgan fingerprint density at radius 2 is 1.54 bits per heavy atom. The van der Waals surface area contributed by atoms with Gasteiger partial charge in [-0.1, -0.05) is 84.0 Å². The number of nitrogens with one attached hydrogen (secondary N) is 1. The highest BCUT2D eigenvalue weighted by molar-refractivity contribution is 5.88. The Bertz CT molecular complexity index is 838. The first-order chi connectivity index (χ1) is 16.2. The summed E-state index contributed by atoms with van der Waals surface area (Å²) in [6.07, 6.45) is 4.74. The summed E-state index contributed by atoms with van der Waals surface area (Å²) in [4.78, 5) is 39.7. The molecular formula is C29H46N2O4. The van der Waals surface area contributed by atoms with Crippen LogP contribution in [0.1, 0.15) is 80.7 Å². The zero-order chi connectivity index (χ0) is 26.8. The van der Waals surface area contributed by atoms with E-state index in [0.717, 1.165) is 5.56 Å². The van der Waals surface area contributed by atoms with Crippen molar-refractivity contribution in [1.82, 2.24) is 10.4 Å². The van der Waals surface area contributed by atoms with Gasteiger partial charge in [0.25, 0.3) is 0 Å². The molecule has 0 radical (unpaired) electrons. The minimum atomic E-state index is -0.674. The number of allylic oxidation sites excluding steroid dienone is 1. The smallest absolute Gasteiger partial charge is 0.310 e. The molecule has 0 aliphatic rings. The number of hydrogen-bond donors (Lipinski definition) is 1. The summed E-state index contributed by atoms with van der Waals surface area (Å²) >= 11 is 0. The molecule has 35 heavy (non-hydrogen) atoms. The monoisotopic (exact) mass is 486 g/mol. The molecular weight excluding hydrogens is 440 g/mol. The zero-order valence-corrected chi connectivity index (χ0v) is 23.1. The van der Waals surface area contributed by atoms with E-state index in [9.17, 15) is 14.4 Å². The fourth-order valence-corrected chi connectivity index (χ4v) is 3.76. The van der Waals surface area contributed by atoms with Gasteiger partial charge in [-0.05, 0) is 51.0 Å². The molecule has 2 amide bonds. The summed E-state index contributed by atoms with van der Waals surface area (Å²) in [5.74, 6) is -2.09. The van der Waals surface area contributed by atoms with Gasteiger partial charge in [0.05, 0.1) is 11.8 Å². The topological polar surface area (TPSA) is 75.7 Å². The van der Waals surface area contributed by atoms with Crippen LogP contribution in [0.3, 0.4) is 0 Å². The molecule has 0 saturated heterocycles. The molecule has 2 atom stereocenters. The minimum absolute atomic E-state index is 0.145. The van der Waals surface area contributed by atoms with Gasteiger partial charge in [-0.3, -0.25) is 24.8 Å². The molecule has 0 aliphatic carbocycles. The van der Waals surface area contributed by atoms with Gasteiger partial charge in [-0.15, -0.1) is 0 Å². The van der Waals surface area contributed by atoms with E-state index in [0.29, 0.717) is 19.4 Å². The van der Waals surface area contributed by atoms with Crippen LogP contribution in [-0.4, -0.2) is 34.9 Å². The van der Waals surface area contributed by atoms with Gasteiger partial charge >= 0.3 is 5.97 Å². The van der Waals surface area contributed by atoms with Gasteiger partial charge in [0.2, 0.25) is 11.8 Å². The molecule has 0 fully saturated rings. The number of benzene rings is 1. The van der Waals surface area contributed by atoms with Gasteiger partial charge in [-0.25, -0.2) is 0 Å². The molecule has 0 saturated carbocycles. The molecule has 6 nitrogen and oxygen atoms in total. The van der Waals surface area contributed by atoms with E-state index in [4.69, 9.17) is 4.74 Å². The average molecular weight is 487 g/mol. The van der Waals surface area contributed by atoms with Crippen LogP contribution < -0.4 is 5.43 Å². The minimum Gasteiger partial charge on any atom is -0.460 e. The van der Waals surface area contributed by atoms with Gasteiger partial charge in [0, 0.05) is 12.5 Å². The molecule has 0 spiro atoms. The van der Waals surface area contributed by atoms with Crippen LogP contribution in [0.25, 0.3) is 6.08 Å². The zero-order valence-electron chi connectivity index (χ0n) is 23.1. The second kappa shape index (κ2) is 14.1. The van der Waals surface area contributed by atoms with Crippen molar-refractivity contribution in [3.63, 3.8) is 0 Å². The molecule has 0 aliphatic heterocycles. The number of nitrogens with zero attached hydrogens (tertiary/aromatic N) is 1. The van der Waals surface area contributed by atoms with E-state index in [1.807, 2.05) is 105 Å². The second-order valence-corrected chi connectivity index (χ2v) is 11.4. The van der Waals surface area contributed by atoms with E-state index in [1.165, 1.54) is 5.01 Å². The first-order valence-corrected chi connectivity index (χ1v) is 12.8. The van der Waals surface area contributed by atoms with Crippen LogP contribution in [0.2, 0.25) is 0 Å². The third kappa shape index (κ3) is 11.6. The third-order valence-electron chi connectivity index (χ3n) is 5.31. The van der Waals surface area contributed by atoms with Gasteiger partial charge in [0.15, 0.2) is 0 Å². The largest absolute Gasteiger partial charge is 0.460 e. The van der Waals surface area contributed by atoms with E-state index in [1.54, 1.807) is 0 Å². The molecule has 0 unspecified atom stereocenters. The van der Waals surface area contributed by atoms with Crippen LogP contribution >= 0.6 is 0 Å². The van der Waals surface area contributed by atoms with Crippen molar-refractivity contribution >= 4 is 23.9 Å². The SMILES string of the molecule is CC(C)C[C@@H](C(=O)NN(CC(C)C)C(=O)C(C)C)[C@H](C/C=C/c1ccccc1)C(=O)OC(C)(C)C. The number of carbonyl (C=O) groups is 3. The summed E-state index contributed by atoms with van der Waals surface area (Å²) in [6, 6.07) is 9.83. The predicted molar refractivity (Wildman–Crippen MR) is 142 cm³/mol. The van der Waals surface area contributed by atoms with Crippen LogP contribution in [0.4, 0.5) is 0 Å². The maximum atomic E-state index is 13.6. The Hall–Kier alpha value is -2.63. The van der Waals surface area contributed by atoms with E-state index >= 15 is 0 Å². The Balaban J connectivity index is 3.28. The average Bonchev–Trinajstić information content (AvgIpc) is 2.73. The highest BCUT2D eigenvalue weighted by Gasteiger charge is 2.37. The van der Waals surface area contributed by atoms with Gasteiger partial charge < -0.3 is 4.74 Å². The number of ether oxygens (including phenoxy) is 1. The first-order valence-electron chi connectivity index (χ1n) is 12.8. The lowest BCUT2D eigenvalue weighted by Crippen LogP contribution is -2.53. The summed E-state index contributed by atoms with van der Waals surface area (Å²) in [5.41, 5.74) is 3.20. The molecule has 1 rings (SSSR count). The number of hydrogen-bond acceptors (Lipinski definition) is 4. The lowest BCUT2D eigenvalue weighted by atomic mass is 9.82. The summed E-state index contributed by atoms with van der Waals surface area (Å²) in [5, 5.41) is 1.41. The molecule has 6 heteroatoms. The maximum absolute atomic E-state index is 13.6. The molecule has 1 N–H and O–H groups in total. The van der Waals surface area contributed by atoms with Crippen molar-refractivity contribution in [3.05, 3.63) is 42.0 Å². The van der Waals surface area contributed by atoms with Crippen molar-refractivity contribution in [3.8, 4) is 0 Å².